The molecular weight excluding hydrogens is 848 g/mol. The van der Waals surface area contributed by atoms with Gasteiger partial charge in [-0.2, -0.15) is 0 Å². The maximum atomic E-state index is 12.9. The largest absolute Gasteiger partial charge is 0.472 e. The first kappa shape index (κ1) is 61.3. The number of hydrogen-bond acceptors (Lipinski definition) is 11. The lowest BCUT2D eigenvalue weighted by Crippen LogP contribution is -2.64. The van der Waals surface area contributed by atoms with Gasteiger partial charge < -0.3 is 39.9 Å². The number of carbonyl (C=O) groups is 1. The summed E-state index contributed by atoms with van der Waals surface area (Å²) in [6.45, 7) is 4.15. The molecule has 0 aliphatic heterocycles. The van der Waals surface area contributed by atoms with E-state index in [-0.39, 0.29) is 13.0 Å². The Kier molecular flexibility index (Phi) is 40.0. The average Bonchev–Trinajstić information content (AvgIpc) is 3.29. The molecule has 1 aliphatic rings. The van der Waals surface area contributed by atoms with E-state index in [9.17, 15) is 39.8 Å². The van der Waals surface area contributed by atoms with E-state index in [1.807, 2.05) is 0 Å². The maximum absolute atomic E-state index is 12.9. The molecule has 0 spiro atoms. The highest BCUT2D eigenvalue weighted by Crippen LogP contribution is 2.47. The second kappa shape index (κ2) is 42.4. The van der Waals surface area contributed by atoms with Crippen LogP contribution in [0.15, 0.2) is 48.6 Å². The topological polar surface area (TPSA) is 192 Å². The van der Waals surface area contributed by atoms with Gasteiger partial charge in [0.2, 0.25) is 0 Å². The first-order valence-electron chi connectivity index (χ1n) is 26.0. The average molecular weight is 943 g/mol. The van der Waals surface area contributed by atoms with E-state index in [4.69, 9.17) is 18.5 Å². The molecule has 0 saturated heterocycles. The molecule has 6 atom stereocenters. The Labute approximate surface area is 395 Å². The molecule has 0 radical (unpaired) electrons. The second-order valence-corrected chi connectivity index (χ2v) is 19.4. The zero-order valence-electron chi connectivity index (χ0n) is 40.8. The Morgan fingerprint density at radius 1 is 0.508 bits per heavy atom. The van der Waals surface area contributed by atoms with Gasteiger partial charge in [-0.15, -0.1) is 0 Å². The number of esters is 1. The Morgan fingerprint density at radius 2 is 0.908 bits per heavy atom. The fourth-order valence-electron chi connectivity index (χ4n) is 7.88. The number of allylic oxidation sites excluding steroid dienone is 8. The first-order valence-corrected chi connectivity index (χ1v) is 27.5. The van der Waals surface area contributed by atoms with Gasteiger partial charge in [-0.25, -0.2) is 4.57 Å². The number of aliphatic hydroxyl groups is 5. The molecule has 1 aliphatic carbocycles. The van der Waals surface area contributed by atoms with Crippen LogP contribution in [0.5, 0.6) is 0 Å². The van der Waals surface area contributed by atoms with Crippen molar-refractivity contribution in [2.45, 2.75) is 256 Å². The Hall–Kier alpha value is -1.70. The van der Waals surface area contributed by atoms with Crippen molar-refractivity contribution >= 4 is 13.8 Å². The molecular formula is C52H95O12P. The minimum Gasteiger partial charge on any atom is -0.457 e. The van der Waals surface area contributed by atoms with Crippen molar-refractivity contribution in [1.29, 1.82) is 0 Å². The highest BCUT2D eigenvalue weighted by molar-refractivity contribution is 7.47. The maximum Gasteiger partial charge on any atom is 0.472 e. The van der Waals surface area contributed by atoms with E-state index in [1.165, 1.54) is 109 Å². The normalized spacial score (nSPS) is 21.9. The molecule has 0 bridgehead atoms. The molecule has 13 heteroatoms. The molecule has 6 unspecified atom stereocenters. The van der Waals surface area contributed by atoms with E-state index in [0.717, 1.165) is 77.0 Å². The first-order chi connectivity index (χ1) is 31.5. The number of unbranched alkanes of at least 4 members (excludes halogenated alkanes) is 24. The molecule has 1 fully saturated rings. The van der Waals surface area contributed by atoms with Crippen LogP contribution in [0.1, 0.15) is 213 Å². The summed E-state index contributed by atoms with van der Waals surface area (Å²) in [7, 11) is -5.03. The summed E-state index contributed by atoms with van der Waals surface area (Å²) in [6, 6.07) is 0. The molecule has 0 aromatic carbocycles. The Morgan fingerprint density at radius 3 is 1.38 bits per heavy atom. The molecule has 12 nitrogen and oxygen atoms in total. The number of phosphoric ester groups is 1. The standard InChI is InChI=1S/C52H95O12P/c1-3-5-7-9-11-13-15-17-19-21-23-24-26-28-30-32-34-36-38-40-42-61-43-45(44-62-65(59,60)64-52-50(57)48(55)47(54)49(56)51(52)58)63-46(53)41-39-37-35-33-31-29-27-25-22-20-18-16-14-12-10-8-6-4-2/h5,7,11,13,17,19,23-24,45,47-52,54-58H,3-4,6,8-10,12,14-16,18,20-22,25-44H2,1-2H3,(H,59,60)/b7-5-,13-11-,19-17-,24-23-. The molecule has 0 aromatic heterocycles. The zero-order valence-corrected chi connectivity index (χ0v) is 41.7. The van der Waals surface area contributed by atoms with Gasteiger partial charge in [-0.05, 0) is 51.4 Å². The fourth-order valence-corrected chi connectivity index (χ4v) is 8.85. The summed E-state index contributed by atoms with van der Waals surface area (Å²) < 4.78 is 34.3. The van der Waals surface area contributed by atoms with Crippen LogP contribution in [0.4, 0.5) is 0 Å². The van der Waals surface area contributed by atoms with Crippen molar-refractivity contribution < 1.29 is 58.3 Å². The molecule has 1 rings (SSSR count). The van der Waals surface area contributed by atoms with E-state index in [0.29, 0.717) is 13.0 Å². The SMILES string of the molecule is CC/C=C\C/C=C\C/C=C\C/C=C\CCCCCCCCCOCC(COP(=O)(O)OC1C(O)C(O)C(O)C(O)C1O)OC(=O)CCCCCCCCCCCCCCCCCCCC. The third-order valence-corrected chi connectivity index (χ3v) is 13.0. The number of ether oxygens (including phenoxy) is 2. The molecule has 1 saturated carbocycles. The van der Waals surface area contributed by atoms with Crippen LogP contribution < -0.4 is 0 Å². The minimum atomic E-state index is -5.03. The summed E-state index contributed by atoms with van der Waals surface area (Å²) in [5.74, 6) is -0.479. The highest BCUT2D eigenvalue weighted by atomic mass is 31.2. The van der Waals surface area contributed by atoms with Crippen molar-refractivity contribution in [3.63, 3.8) is 0 Å². The summed E-state index contributed by atoms with van der Waals surface area (Å²) in [4.78, 5) is 23.2. The third kappa shape index (κ3) is 34.3. The summed E-state index contributed by atoms with van der Waals surface area (Å²) in [5.41, 5.74) is 0. The predicted octanol–water partition coefficient (Wildman–Crippen LogP) is 11.6. The lowest BCUT2D eigenvalue weighted by molar-refractivity contribution is -0.220. The second-order valence-electron chi connectivity index (χ2n) is 18.0. The van der Waals surface area contributed by atoms with Gasteiger partial charge in [-0.3, -0.25) is 13.8 Å². The van der Waals surface area contributed by atoms with Crippen LogP contribution in [0, 0.1) is 0 Å². The number of carbonyl (C=O) groups excluding carboxylic acids is 1. The van der Waals surface area contributed by atoms with Gasteiger partial charge in [0.05, 0.1) is 13.2 Å². The molecule has 6 N–H and O–H groups in total. The van der Waals surface area contributed by atoms with E-state index in [2.05, 4.69) is 62.5 Å². The van der Waals surface area contributed by atoms with Crippen molar-refractivity contribution in [3.8, 4) is 0 Å². The Balaban J connectivity index is 2.34. The molecule has 380 valence electrons. The van der Waals surface area contributed by atoms with E-state index < -0.39 is 63.1 Å². The van der Waals surface area contributed by atoms with Crippen molar-refractivity contribution in [1.82, 2.24) is 0 Å². The van der Waals surface area contributed by atoms with Gasteiger partial charge in [0.15, 0.2) is 0 Å². The predicted molar refractivity (Wildman–Crippen MR) is 262 cm³/mol. The quantitative estimate of drug-likeness (QED) is 0.0147. The van der Waals surface area contributed by atoms with Crippen LogP contribution in [-0.4, -0.2) is 98.9 Å². The fraction of sp³-hybridized carbons (Fsp3) is 0.827. The zero-order chi connectivity index (χ0) is 47.6. The van der Waals surface area contributed by atoms with Crippen LogP contribution in [0.2, 0.25) is 0 Å². The summed E-state index contributed by atoms with van der Waals surface area (Å²) >= 11 is 0. The van der Waals surface area contributed by atoms with E-state index >= 15 is 0 Å². The van der Waals surface area contributed by atoms with Crippen LogP contribution >= 0.6 is 7.82 Å². The summed E-state index contributed by atoms with van der Waals surface area (Å²) in [6.07, 6.45) is 40.3. The van der Waals surface area contributed by atoms with Gasteiger partial charge in [0.25, 0.3) is 0 Å². The highest BCUT2D eigenvalue weighted by Gasteiger charge is 2.51. The van der Waals surface area contributed by atoms with Crippen LogP contribution in [0.25, 0.3) is 0 Å². The van der Waals surface area contributed by atoms with Crippen molar-refractivity contribution in [2.24, 2.45) is 0 Å². The van der Waals surface area contributed by atoms with Gasteiger partial charge in [0.1, 0.15) is 42.7 Å². The molecule has 0 aromatic rings. The number of rotatable bonds is 44. The van der Waals surface area contributed by atoms with Gasteiger partial charge in [-0.1, -0.05) is 204 Å². The van der Waals surface area contributed by atoms with Crippen LogP contribution in [-0.2, 0) is 27.9 Å². The van der Waals surface area contributed by atoms with Crippen molar-refractivity contribution in [2.75, 3.05) is 19.8 Å². The lowest BCUT2D eigenvalue weighted by Gasteiger charge is -2.41. The summed E-state index contributed by atoms with van der Waals surface area (Å²) in [5, 5.41) is 50.3. The number of hydrogen-bond donors (Lipinski definition) is 6. The smallest absolute Gasteiger partial charge is 0.457 e. The number of phosphoric acid groups is 1. The molecule has 65 heavy (non-hydrogen) atoms. The Bertz CT molecular complexity index is 1260. The van der Waals surface area contributed by atoms with Gasteiger partial charge >= 0.3 is 13.8 Å². The third-order valence-electron chi connectivity index (χ3n) is 12.0. The monoisotopic (exact) mass is 943 g/mol. The lowest BCUT2D eigenvalue weighted by atomic mass is 9.85. The minimum absolute atomic E-state index is 0.0829. The van der Waals surface area contributed by atoms with Gasteiger partial charge in [0, 0.05) is 13.0 Å². The van der Waals surface area contributed by atoms with E-state index in [1.54, 1.807) is 0 Å². The van der Waals surface area contributed by atoms with Crippen LogP contribution in [0.3, 0.4) is 0 Å². The molecule has 0 heterocycles. The molecule has 0 amide bonds. The number of aliphatic hydroxyl groups excluding tert-OH is 5. The van der Waals surface area contributed by atoms with Crippen molar-refractivity contribution in [3.05, 3.63) is 48.6 Å².